The van der Waals surface area contributed by atoms with Crippen LogP contribution in [0.2, 0.25) is 0 Å². The summed E-state index contributed by atoms with van der Waals surface area (Å²) in [5.41, 5.74) is 5.36. The van der Waals surface area contributed by atoms with E-state index in [1.54, 1.807) is 0 Å². The van der Waals surface area contributed by atoms with Gasteiger partial charge in [-0.25, -0.2) is 4.99 Å². The molecule has 3 aliphatic heterocycles. The van der Waals surface area contributed by atoms with Crippen molar-refractivity contribution in [2.75, 3.05) is 0 Å². The van der Waals surface area contributed by atoms with E-state index >= 15 is 0 Å². The van der Waals surface area contributed by atoms with Crippen molar-refractivity contribution in [3.63, 3.8) is 0 Å². The van der Waals surface area contributed by atoms with E-state index in [0.717, 1.165) is 30.8 Å². The number of rotatable bonds is 3. The first kappa shape index (κ1) is 14.8. The Balaban J connectivity index is 1.74. The van der Waals surface area contributed by atoms with E-state index in [1.807, 2.05) is 0 Å². The molecule has 25 heavy (non-hydrogen) atoms. The molecule has 5 rings (SSSR count). The highest BCUT2D eigenvalue weighted by molar-refractivity contribution is 6.02. The van der Waals surface area contributed by atoms with E-state index in [9.17, 15) is 0 Å². The highest BCUT2D eigenvalue weighted by atomic mass is 15.4. The van der Waals surface area contributed by atoms with Crippen LogP contribution in [0.25, 0.3) is 0 Å². The van der Waals surface area contributed by atoms with Gasteiger partial charge in [0, 0.05) is 29.1 Å². The molecular weight excluding hydrogens is 306 g/mol. The lowest BCUT2D eigenvalue weighted by Crippen LogP contribution is -2.54. The summed E-state index contributed by atoms with van der Waals surface area (Å²) < 4.78 is 0. The van der Waals surface area contributed by atoms with Crippen molar-refractivity contribution in [2.45, 2.75) is 44.8 Å². The molecule has 3 heterocycles. The number of hydrogen-bond donors (Lipinski definition) is 0. The summed E-state index contributed by atoms with van der Waals surface area (Å²) in [5.74, 6) is 1.05. The summed E-state index contributed by atoms with van der Waals surface area (Å²) in [6.45, 7) is 4.65. The van der Waals surface area contributed by atoms with Crippen LogP contribution >= 0.6 is 0 Å². The minimum absolute atomic E-state index is 0.195. The van der Waals surface area contributed by atoms with E-state index in [4.69, 9.17) is 4.99 Å². The van der Waals surface area contributed by atoms with E-state index < -0.39 is 0 Å². The molecule has 0 aliphatic carbocycles. The fourth-order valence-electron chi connectivity index (χ4n) is 4.76. The average molecular weight is 329 g/mol. The van der Waals surface area contributed by atoms with Crippen LogP contribution in [-0.2, 0) is 6.42 Å². The Labute approximate surface area is 149 Å². The number of nitrogens with zero attached hydrogens (tertiary/aromatic N) is 3. The second kappa shape index (κ2) is 5.22. The van der Waals surface area contributed by atoms with Crippen LogP contribution in [0.5, 0.6) is 0 Å². The highest BCUT2D eigenvalue weighted by Crippen LogP contribution is 2.52. The Kier molecular flexibility index (Phi) is 3.08. The Morgan fingerprint density at radius 1 is 1.00 bits per heavy atom. The van der Waals surface area contributed by atoms with Gasteiger partial charge in [0.2, 0.25) is 0 Å². The van der Waals surface area contributed by atoms with E-state index in [1.165, 1.54) is 16.7 Å². The zero-order chi connectivity index (χ0) is 17.0. The summed E-state index contributed by atoms with van der Waals surface area (Å²) in [5, 5.41) is 0. The molecule has 0 amide bonds. The quantitative estimate of drug-likeness (QED) is 0.791. The lowest BCUT2D eigenvalue weighted by atomic mass is 9.77. The molecule has 3 nitrogen and oxygen atoms in total. The Morgan fingerprint density at radius 2 is 1.80 bits per heavy atom. The molecule has 3 aliphatic rings. The van der Waals surface area contributed by atoms with Gasteiger partial charge in [0.1, 0.15) is 12.0 Å². The maximum absolute atomic E-state index is 5.05. The van der Waals surface area contributed by atoms with Gasteiger partial charge >= 0.3 is 0 Å². The first-order chi connectivity index (χ1) is 12.3. The molecule has 0 aromatic heterocycles. The molecule has 0 saturated heterocycles. The lowest BCUT2D eigenvalue weighted by molar-refractivity contribution is 0.0450. The monoisotopic (exact) mass is 329 g/mol. The molecule has 2 aromatic carbocycles. The van der Waals surface area contributed by atoms with Gasteiger partial charge in [-0.05, 0) is 30.9 Å². The van der Waals surface area contributed by atoms with Crippen molar-refractivity contribution < 1.29 is 0 Å². The maximum atomic E-state index is 5.05. The molecule has 3 heteroatoms. The Bertz CT molecular complexity index is 877. The molecule has 1 atom stereocenters. The summed E-state index contributed by atoms with van der Waals surface area (Å²) in [6, 6.07) is 17.2. The van der Waals surface area contributed by atoms with Gasteiger partial charge in [0.25, 0.3) is 0 Å². The van der Waals surface area contributed by atoms with Gasteiger partial charge < -0.3 is 9.80 Å². The van der Waals surface area contributed by atoms with Crippen molar-refractivity contribution in [2.24, 2.45) is 4.99 Å². The number of hydrogen-bond acceptors (Lipinski definition) is 3. The van der Waals surface area contributed by atoms with E-state index in [0.29, 0.717) is 0 Å². The van der Waals surface area contributed by atoms with Crippen molar-refractivity contribution in [3.05, 3.63) is 77.6 Å². The summed E-state index contributed by atoms with van der Waals surface area (Å²) in [6.07, 6.45) is 8.17. The zero-order valence-corrected chi connectivity index (χ0v) is 14.8. The minimum atomic E-state index is 0.195. The molecule has 0 spiro atoms. The lowest BCUT2D eigenvalue weighted by Gasteiger charge is -2.52. The Hall–Kier alpha value is -2.55. The van der Waals surface area contributed by atoms with Crippen molar-refractivity contribution in [3.8, 4) is 0 Å². The van der Waals surface area contributed by atoms with Crippen LogP contribution in [0.1, 0.15) is 49.5 Å². The van der Waals surface area contributed by atoms with Gasteiger partial charge in [-0.15, -0.1) is 0 Å². The third-order valence-electron chi connectivity index (χ3n) is 6.23. The Morgan fingerprint density at radius 3 is 2.56 bits per heavy atom. The first-order valence-electron chi connectivity index (χ1n) is 9.28. The van der Waals surface area contributed by atoms with E-state index in [-0.39, 0.29) is 11.7 Å². The third kappa shape index (κ3) is 1.89. The molecule has 2 aromatic rings. The summed E-state index contributed by atoms with van der Waals surface area (Å²) in [7, 11) is 0. The SMILES string of the molecule is CCC1(CC)Cc2cccc3c2C2N(C=CN21)C(c1ccccc1)=N3. The smallest absolute Gasteiger partial charge is 0.142 e. The van der Waals surface area contributed by atoms with Gasteiger partial charge in [-0.3, -0.25) is 0 Å². The molecule has 0 N–H and O–H groups in total. The summed E-state index contributed by atoms with van der Waals surface area (Å²) >= 11 is 0. The normalized spacial score (nSPS) is 22.0. The molecule has 126 valence electrons. The van der Waals surface area contributed by atoms with Crippen LogP contribution < -0.4 is 0 Å². The molecule has 0 fully saturated rings. The van der Waals surface area contributed by atoms with Crippen LogP contribution in [0, 0.1) is 0 Å². The van der Waals surface area contributed by atoms with E-state index in [2.05, 4.69) is 84.6 Å². The fourth-order valence-corrected chi connectivity index (χ4v) is 4.76. The van der Waals surface area contributed by atoms with Gasteiger partial charge in [0.05, 0.1) is 5.69 Å². The molecule has 0 bridgehead atoms. The third-order valence-corrected chi connectivity index (χ3v) is 6.23. The number of aliphatic imine (C=N–C) groups is 1. The first-order valence-corrected chi connectivity index (χ1v) is 9.28. The number of amidine groups is 1. The van der Waals surface area contributed by atoms with Crippen LogP contribution in [-0.4, -0.2) is 21.2 Å². The van der Waals surface area contributed by atoms with Crippen molar-refractivity contribution in [1.29, 1.82) is 0 Å². The van der Waals surface area contributed by atoms with Crippen molar-refractivity contribution >= 4 is 11.5 Å². The van der Waals surface area contributed by atoms with Crippen LogP contribution in [0.3, 0.4) is 0 Å². The molecule has 0 saturated carbocycles. The standard InChI is InChI=1S/C22H23N3/c1-3-22(4-2)15-17-11-8-12-18-19(17)21-24(13-14-25(21)22)20(23-18)16-9-6-5-7-10-16/h5-14,21H,3-4,15H2,1-2H3. The highest BCUT2D eigenvalue weighted by Gasteiger charge is 2.49. The predicted molar refractivity (Wildman–Crippen MR) is 102 cm³/mol. The molecule has 1 unspecified atom stereocenters. The fraction of sp³-hybridized carbons (Fsp3) is 0.318. The largest absolute Gasteiger partial charge is 0.346 e. The zero-order valence-electron chi connectivity index (χ0n) is 14.8. The predicted octanol–water partition coefficient (Wildman–Crippen LogP) is 4.98. The van der Waals surface area contributed by atoms with Crippen LogP contribution in [0.15, 0.2) is 65.9 Å². The molecular formula is C22H23N3. The van der Waals surface area contributed by atoms with Gasteiger partial charge in [0.15, 0.2) is 0 Å². The van der Waals surface area contributed by atoms with Crippen LogP contribution in [0.4, 0.5) is 5.69 Å². The molecule has 0 radical (unpaired) electrons. The second-order valence-corrected chi connectivity index (χ2v) is 7.25. The summed E-state index contributed by atoms with van der Waals surface area (Å²) in [4.78, 5) is 10.0. The maximum Gasteiger partial charge on any atom is 0.142 e. The van der Waals surface area contributed by atoms with Gasteiger partial charge in [-0.2, -0.15) is 0 Å². The minimum Gasteiger partial charge on any atom is -0.346 e. The second-order valence-electron chi connectivity index (χ2n) is 7.25. The number of benzene rings is 2. The van der Waals surface area contributed by atoms with Crippen molar-refractivity contribution in [1.82, 2.24) is 9.80 Å². The topological polar surface area (TPSA) is 18.8 Å². The van der Waals surface area contributed by atoms with Gasteiger partial charge in [-0.1, -0.05) is 56.3 Å². The average Bonchev–Trinajstić information content (AvgIpc) is 3.13.